The van der Waals surface area contributed by atoms with Crippen LogP contribution in [0.25, 0.3) is 0 Å². The molecule has 6 rings (SSSR count). The third kappa shape index (κ3) is 9.51. The van der Waals surface area contributed by atoms with E-state index in [4.69, 9.17) is 18.9 Å². The normalized spacial score (nSPS) is 17.7. The Labute approximate surface area is 284 Å². The Morgan fingerprint density at radius 1 is 0.660 bits per heavy atom. The van der Waals surface area contributed by atoms with E-state index in [0.717, 1.165) is 36.3 Å². The molecule has 0 amide bonds. The molecule has 0 spiro atoms. The fourth-order valence-corrected chi connectivity index (χ4v) is 7.72. The van der Waals surface area contributed by atoms with E-state index in [0.29, 0.717) is 31.7 Å². The van der Waals surface area contributed by atoms with Gasteiger partial charge in [-0.25, -0.2) is 0 Å². The summed E-state index contributed by atoms with van der Waals surface area (Å²) >= 11 is 2.01. The van der Waals surface area contributed by atoms with E-state index in [1.165, 1.54) is 33.4 Å². The van der Waals surface area contributed by atoms with Crippen LogP contribution >= 0.6 is 11.8 Å². The zero-order valence-electron chi connectivity index (χ0n) is 27.3. The molecule has 1 saturated heterocycles. The van der Waals surface area contributed by atoms with Crippen molar-refractivity contribution in [1.29, 1.82) is 0 Å². The molecular formula is C42H44O4S. The lowest BCUT2D eigenvalue weighted by Crippen LogP contribution is -2.30. The van der Waals surface area contributed by atoms with Crippen LogP contribution in [0.15, 0.2) is 127 Å². The molecule has 0 aromatic heterocycles. The van der Waals surface area contributed by atoms with Crippen molar-refractivity contribution in [2.45, 2.75) is 62.6 Å². The molecule has 5 aromatic carbocycles. The second-order valence-corrected chi connectivity index (χ2v) is 13.8. The van der Waals surface area contributed by atoms with Gasteiger partial charge in [0.05, 0.1) is 33.0 Å². The summed E-state index contributed by atoms with van der Waals surface area (Å²) in [5, 5.41) is 0.502. The van der Waals surface area contributed by atoms with Gasteiger partial charge in [-0.05, 0) is 77.8 Å². The molecule has 0 aliphatic carbocycles. The van der Waals surface area contributed by atoms with Crippen LogP contribution < -0.4 is 9.47 Å². The lowest BCUT2D eigenvalue weighted by Gasteiger charge is -2.35. The highest BCUT2D eigenvalue weighted by atomic mass is 32.2. The van der Waals surface area contributed by atoms with Crippen LogP contribution in [0, 0.1) is 6.92 Å². The first-order chi connectivity index (χ1) is 23.1. The van der Waals surface area contributed by atoms with Gasteiger partial charge in [0.1, 0.15) is 18.1 Å². The number of hydrogen-bond acceptors (Lipinski definition) is 5. The highest BCUT2D eigenvalue weighted by molar-refractivity contribution is 8.00. The number of thioether (sulfide) groups is 1. The molecule has 0 N–H and O–H groups in total. The zero-order chi connectivity index (χ0) is 32.3. The molecule has 3 unspecified atom stereocenters. The van der Waals surface area contributed by atoms with Crippen LogP contribution in [0.5, 0.6) is 11.5 Å². The second-order valence-electron chi connectivity index (χ2n) is 12.3. The van der Waals surface area contributed by atoms with Crippen molar-refractivity contribution in [1.82, 2.24) is 0 Å². The molecule has 5 heteroatoms. The van der Waals surface area contributed by atoms with Crippen LogP contribution in [0.2, 0.25) is 0 Å². The van der Waals surface area contributed by atoms with E-state index >= 15 is 0 Å². The Bertz CT molecular complexity index is 1660. The molecule has 0 bridgehead atoms. The summed E-state index contributed by atoms with van der Waals surface area (Å²) in [5.74, 6) is 1.83. The van der Waals surface area contributed by atoms with Crippen molar-refractivity contribution in [3.05, 3.63) is 166 Å². The van der Waals surface area contributed by atoms with E-state index in [1.807, 2.05) is 36.0 Å². The fourth-order valence-electron chi connectivity index (χ4n) is 6.10. The van der Waals surface area contributed by atoms with Crippen molar-refractivity contribution in [2.24, 2.45) is 0 Å². The standard InChI is InChI=1S/C42H44O4S/c1-31-22-41(46-29-35-16-10-5-11-17-35)40(24-36(31)23-32-18-20-37(43-2)21-19-32)42-26-38(45-28-34-14-8-4-9-15-34)25-39(47-42)30-44-27-33-12-6-3-7-13-33/h3-22,24,38-39,42H,23,25-30H2,1-2H3. The topological polar surface area (TPSA) is 36.9 Å². The molecule has 1 heterocycles. The Balaban J connectivity index is 1.27. The lowest BCUT2D eigenvalue weighted by molar-refractivity contribution is 0.0179. The van der Waals surface area contributed by atoms with Crippen LogP contribution in [0.3, 0.4) is 0 Å². The van der Waals surface area contributed by atoms with Crippen molar-refractivity contribution < 1.29 is 18.9 Å². The van der Waals surface area contributed by atoms with Gasteiger partial charge in [0.25, 0.3) is 0 Å². The highest BCUT2D eigenvalue weighted by Crippen LogP contribution is 2.47. The van der Waals surface area contributed by atoms with Gasteiger partial charge in [-0.15, -0.1) is 11.8 Å². The first-order valence-corrected chi connectivity index (χ1v) is 17.4. The molecule has 0 saturated carbocycles. The van der Waals surface area contributed by atoms with Gasteiger partial charge in [0.2, 0.25) is 0 Å². The first-order valence-electron chi connectivity index (χ1n) is 16.5. The van der Waals surface area contributed by atoms with Crippen molar-refractivity contribution in [3.63, 3.8) is 0 Å². The minimum absolute atomic E-state index is 0.111. The smallest absolute Gasteiger partial charge is 0.124 e. The van der Waals surface area contributed by atoms with Crippen molar-refractivity contribution in [2.75, 3.05) is 13.7 Å². The number of aryl methyl sites for hydroxylation is 1. The first kappa shape index (κ1) is 32.9. The van der Waals surface area contributed by atoms with E-state index in [2.05, 4.69) is 110 Å². The Morgan fingerprint density at radius 3 is 1.91 bits per heavy atom. The van der Waals surface area contributed by atoms with Gasteiger partial charge in [0, 0.05) is 16.1 Å². The molecule has 4 nitrogen and oxygen atoms in total. The summed E-state index contributed by atoms with van der Waals surface area (Å²) in [6.07, 6.45) is 2.82. The Morgan fingerprint density at radius 2 is 1.28 bits per heavy atom. The molecule has 242 valence electrons. The van der Waals surface area contributed by atoms with E-state index in [-0.39, 0.29) is 11.4 Å². The van der Waals surface area contributed by atoms with Gasteiger partial charge in [0.15, 0.2) is 0 Å². The predicted molar refractivity (Wildman–Crippen MR) is 192 cm³/mol. The second kappa shape index (κ2) is 16.7. The number of hydrogen-bond donors (Lipinski definition) is 0. The lowest BCUT2D eigenvalue weighted by atomic mass is 9.94. The average molecular weight is 645 g/mol. The average Bonchev–Trinajstić information content (AvgIpc) is 3.12. The third-order valence-electron chi connectivity index (χ3n) is 8.71. The quantitative estimate of drug-likeness (QED) is 0.120. The van der Waals surface area contributed by atoms with Crippen LogP contribution in [-0.2, 0) is 35.7 Å². The van der Waals surface area contributed by atoms with E-state index in [1.54, 1.807) is 7.11 Å². The number of ether oxygens (including phenoxy) is 4. The fraction of sp³-hybridized carbons (Fsp3) is 0.286. The summed E-state index contributed by atoms with van der Waals surface area (Å²) < 4.78 is 25.0. The molecular weight excluding hydrogens is 601 g/mol. The van der Waals surface area contributed by atoms with Crippen LogP contribution in [0.1, 0.15) is 57.0 Å². The van der Waals surface area contributed by atoms with E-state index < -0.39 is 0 Å². The minimum Gasteiger partial charge on any atom is -0.497 e. The maximum absolute atomic E-state index is 6.63. The third-order valence-corrected chi connectivity index (χ3v) is 10.2. The molecule has 47 heavy (non-hydrogen) atoms. The van der Waals surface area contributed by atoms with Crippen molar-refractivity contribution in [3.8, 4) is 11.5 Å². The maximum Gasteiger partial charge on any atom is 0.124 e. The van der Waals surface area contributed by atoms with Crippen LogP contribution in [0.4, 0.5) is 0 Å². The Kier molecular flexibility index (Phi) is 11.7. The summed E-state index contributed by atoms with van der Waals surface area (Å²) in [4.78, 5) is 0. The molecule has 3 atom stereocenters. The SMILES string of the molecule is COc1ccc(Cc2cc(C3CC(OCc4ccccc4)CC(COCc4ccccc4)S3)c(OCc3ccccc3)cc2C)cc1. The summed E-state index contributed by atoms with van der Waals surface area (Å²) in [6.45, 7) is 4.61. The zero-order valence-corrected chi connectivity index (χ0v) is 28.2. The number of methoxy groups -OCH3 is 1. The summed E-state index contributed by atoms with van der Waals surface area (Å²) in [6, 6.07) is 44.3. The van der Waals surface area contributed by atoms with Gasteiger partial charge >= 0.3 is 0 Å². The van der Waals surface area contributed by atoms with E-state index in [9.17, 15) is 0 Å². The maximum atomic E-state index is 6.63. The number of rotatable bonds is 14. The predicted octanol–water partition coefficient (Wildman–Crippen LogP) is 9.91. The molecule has 1 aliphatic rings. The minimum atomic E-state index is 0.111. The van der Waals surface area contributed by atoms with Crippen molar-refractivity contribution >= 4 is 11.8 Å². The van der Waals surface area contributed by atoms with Crippen LogP contribution in [-0.4, -0.2) is 25.1 Å². The highest BCUT2D eigenvalue weighted by Gasteiger charge is 2.33. The van der Waals surface area contributed by atoms with Gasteiger partial charge in [-0.2, -0.15) is 0 Å². The summed E-state index contributed by atoms with van der Waals surface area (Å²) in [5.41, 5.74) is 8.58. The van der Waals surface area contributed by atoms with Gasteiger partial charge in [-0.1, -0.05) is 109 Å². The largest absolute Gasteiger partial charge is 0.497 e. The molecule has 5 aromatic rings. The molecule has 1 aliphatic heterocycles. The summed E-state index contributed by atoms with van der Waals surface area (Å²) in [7, 11) is 1.71. The molecule has 1 fully saturated rings. The van der Waals surface area contributed by atoms with Gasteiger partial charge < -0.3 is 18.9 Å². The molecule has 0 radical (unpaired) electrons. The Hall–Kier alpha value is -4.03. The number of benzene rings is 5. The van der Waals surface area contributed by atoms with Gasteiger partial charge in [-0.3, -0.25) is 0 Å². The monoisotopic (exact) mass is 644 g/mol.